The number of anilines is 1. The second-order valence-corrected chi connectivity index (χ2v) is 3.90. The second-order valence-electron chi connectivity index (χ2n) is 3.49. The van der Waals surface area contributed by atoms with Gasteiger partial charge in [-0.1, -0.05) is 18.5 Å². The van der Waals surface area contributed by atoms with Crippen LogP contribution < -0.4 is 10.6 Å². The maximum Gasteiger partial charge on any atom is 0.337 e. The third kappa shape index (κ3) is 4.58. The van der Waals surface area contributed by atoms with E-state index in [1.54, 1.807) is 0 Å². The van der Waals surface area contributed by atoms with Crippen molar-refractivity contribution in [1.82, 2.24) is 10.3 Å². The van der Waals surface area contributed by atoms with Crippen LogP contribution in [0.15, 0.2) is 12.3 Å². The van der Waals surface area contributed by atoms with Crippen LogP contribution in [0.5, 0.6) is 0 Å². The highest BCUT2D eigenvalue weighted by molar-refractivity contribution is 6.33. The van der Waals surface area contributed by atoms with Gasteiger partial charge in [-0.05, 0) is 25.6 Å². The lowest BCUT2D eigenvalue weighted by molar-refractivity contribution is 0.0697. The molecule has 1 aromatic rings. The first kappa shape index (κ1) is 13.7. The molecule has 1 aromatic heterocycles. The molecule has 0 saturated carbocycles. The van der Waals surface area contributed by atoms with Crippen LogP contribution in [0.25, 0.3) is 0 Å². The summed E-state index contributed by atoms with van der Waals surface area (Å²) in [5.41, 5.74) is 0.0656. The van der Waals surface area contributed by atoms with Crippen molar-refractivity contribution in [2.24, 2.45) is 0 Å². The molecule has 0 bridgehead atoms. The number of carbonyl (C=O) groups is 1. The Morgan fingerprint density at radius 2 is 2.29 bits per heavy atom. The van der Waals surface area contributed by atoms with Gasteiger partial charge in [0, 0.05) is 12.7 Å². The molecule has 0 aromatic carbocycles. The Morgan fingerprint density at radius 1 is 1.53 bits per heavy atom. The molecule has 0 aliphatic carbocycles. The number of halogens is 1. The quantitative estimate of drug-likeness (QED) is 0.650. The van der Waals surface area contributed by atoms with E-state index in [2.05, 4.69) is 15.6 Å². The van der Waals surface area contributed by atoms with Gasteiger partial charge in [-0.3, -0.25) is 0 Å². The first-order valence-corrected chi connectivity index (χ1v) is 5.86. The molecular weight excluding hydrogens is 242 g/mol. The number of pyridine rings is 1. The fraction of sp³-hybridized carbons (Fsp3) is 0.455. The minimum Gasteiger partial charge on any atom is -0.478 e. The summed E-state index contributed by atoms with van der Waals surface area (Å²) in [6.45, 7) is 4.65. The normalized spacial score (nSPS) is 10.2. The van der Waals surface area contributed by atoms with Gasteiger partial charge in [0.2, 0.25) is 0 Å². The van der Waals surface area contributed by atoms with Crippen LogP contribution in [-0.2, 0) is 0 Å². The zero-order chi connectivity index (χ0) is 12.7. The van der Waals surface area contributed by atoms with E-state index >= 15 is 0 Å². The number of nitrogens with one attached hydrogen (secondary N) is 2. The number of hydrogen-bond acceptors (Lipinski definition) is 4. The fourth-order valence-electron chi connectivity index (χ4n) is 1.31. The first-order valence-electron chi connectivity index (χ1n) is 5.48. The van der Waals surface area contributed by atoms with Crippen molar-refractivity contribution in [3.05, 3.63) is 22.8 Å². The van der Waals surface area contributed by atoms with Crippen LogP contribution >= 0.6 is 11.6 Å². The average Bonchev–Trinajstić information content (AvgIpc) is 2.30. The molecule has 17 heavy (non-hydrogen) atoms. The van der Waals surface area contributed by atoms with E-state index < -0.39 is 5.97 Å². The van der Waals surface area contributed by atoms with Gasteiger partial charge < -0.3 is 15.7 Å². The largest absolute Gasteiger partial charge is 0.478 e. The molecule has 0 atom stereocenters. The molecule has 0 fully saturated rings. The Hall–Kier alpha value is -1.33. The molecule has 94 valence electrons. The standard InChI is InChI=1S/C11H16ClN3O2/c1-2-13-4-3-5-14-10-6-8(11(16)17)9(12)7-15-10/h6-7,13H,2-5H2,1H3,(H,14,15)(H,16,17). The molecule has 0 amide bonds. The maximum absolute atomic E-state index is 10.8. The Balaban J connectivity index is 2.49. The average molecular weight is 258 g/mol. The topological polar surface area (TPSA) is 74.2 Å². The predicted octanol–water partition coefficient (Wildman–Crippen LogP) is 1.84. The number of rotatable bonds is 7. The van der Waals surface area contributed by atoms with Gasteiger partial charge in [-0.25, -0.2) is 9.78 Å². The molecule has 0 saturated heterocycles. The van der Waals surface area contributed by atoms with Crippen molar-refractivity contribution in [3.8, 4) is 0 Å². The molecule has 6 heteroatoms. The maximum atomic E-state index is 10.8. The number of nitrogens with zero attached hydrogens (tertiary/aromatic N) is 1. The van der Waals surface area contributed by atoms with Gasteiger partial charge in [0.25, 0.3) is 0 Å². The monoisotopic (exact) mass is 257 g/mol. The predicted molar refractivity (Wildman–Crippen MR) is 67.9 cm³/mol. The number of hydrogen-bond donors (Lipinski definition) is 3. The van der Waals surface area contributed by atoms with E-state index in [1.165, 1.54) is 12.3 Å². The Bertz CT molecular complexity index is 385. The molecule has 0 aliphatic heterocycles. The summed E-state index contributed by atoms with van der Waals surface area (Å²) < 4.78 is 0. The smallest absolute Gasteiger partial charge is 0.337 e. The van der Waals surface area contributed by atoms with Gasteiger partial charge in [0.15, 0.2) is 0 Å². The Kier molecular flexibility index (Phi) is 5.72. The number of aromatic carboxylic acids is 1. The van der Waals surface area contributed by atoms with Crippen molar-refractivity contribution in [2.75, 3.05) is 25.0 Å². The van der Waals surface area contributed by atoms with Crippen LogP contribution in [0.3, 0.4) is 0 Å². The van der Waals surface area contributed by atoms with Gasteiger partial charge in [0.1, 0.15) is 5.82 Å². The van der Waals surface area contributed by atoms with Crippen LogP contribution in [0.2, 0.25) is 5.02 Å². The highest BCUT2D eigenvalue weighted by Crippen LogP contribution is 2.17. The van der Waals surface area contributed by atoms with Gasteiger partial charge >= 0.3 is 5.97 Å². The van der Waals surface area contributed by atoms with Crippen LogP contribution in [0, 0.1) is 0 Å². The van der Waals surface area contributed by atoms with E-state index in [9.17, 15) is 4.79 Å². The summed E-state index contributed by atoms with van der Waals surface area (Å²) in [6.07, 6.45) is 2.29. The molecular formula is C11H16ClN3O2. The Morgan fingerprint density at radius 3 is 2.94 bits per heavy atom. The summed E-state index contributed by atoms with van der Waals surface area (Å²) in [6, 6.07) is 1.44. The van der Waals surface area contributed by atoms with Crippen molar-refractivity contribution in [1.29, 1.82) is 0 Å². The van der Waals surface area contributed by atoms with Crippen molar-refractivity contribution < 1.29 is 9.90 Å². The fourth-order valence-corrected chi connectivity index (χ4v) is 1.49. The SMILES string of the molecule is CCNCCCNc1cc(C(=O)O)c(Cl)cn1. The minimum absolute atomic E-state index is 0.0656. The molecule has 0 unspecified atom stereocenters. The summed E-state index contributed by atoms with van der Waals surface area (Å²) in [5.74, 6) is -0.517. The summed E-state index contributed by atoms with van der Waals surface area (Å²) in [7, 11) is 0. The molecule has 0 radical (unpaired) electrons. The van der Waals surface area contributed by atoms with E-state index in [0.29, 0.717) is 5.82 Å². The lowest BCUT2D eigenvalue weighted by Gasteiger charge is -2.07. The molecule has 0 aliphatic rings. The van der Waals surface area contributed by atoms with Crippen molar-refractivity contribution in [3.63, 3.8) is 0 Å². The molecule has 1 rings (SSSR count). The van der Waals surface area contributed by atoms with Crippen molar-refractivity contribution in [2.45, 2.75) is 13.3 Å². The minimum atomic E-state index is -1.05. The van der Waals surface area contributed by atoms with Gasteiger partial charge in [0.05, 0.1) is 10.6 Å². The van der Waals surface area contributed by atoms with Crippen LogP contribution in [-0.4, -0.2) is 35.7 Å². The van der Waals surface area contributed by atoms with E-state index in [-0.39, 0.29) is 10.6 Å². The molecule has 5 nitrogen and oxygen atoms in total. The summed E-state index contributed by atoms with van der Waals surface area (Å²) in [5, 5.41) is 15.3. The van der Waals surface area contributed by atoms with Crippen LogP contribution in [0.1, 0.15) is 23.7 Å². The third-order valence-electron chi connectivity index (χ3n) is 2.17. The lowest BCUT2D eigenvalue weighted by Crippen LogP contribution is -2.17. The zero-order valence-corrected chi connectivity index (χ0v) is 10.4. The third-order valence-corrected chi connectivity index (χ3v) is 2.47. The van der Waals surface area contributed by atoms with E-state index in [0.717, 1.165) is 26.1 Å². The highest BCUT2D eigenvalue weighted by atomic mass is 35.5. The van der Waals surface area contributed by atoms with Crippen LogP contribution in [0.4, 0.5) is 5.82 Å². The number of carboxylic acid groups (broad SMARTS) is 1. The van der Waals surface area contributed by atoms with E-state index in [4.69, 9.17) is 16.7 Å². The van der Waals surface area contributed by atoms with Crippen molar-refractivity contribution >= 4 is 23.4 Å². The van der Waals surface area contributed by atoms with Gasteiger partial charge in [-0.2, -0.15) is 0 Å². The lowest BCUT2D eigenvalue weighted by atomic mass is 10.2. The first-order chi connectivity index (χ1) is 8.15. The summed E-state index contributed by atoms with van der Waals surface area (Å²) >= 11 is 5.71. The Labute approximate surface area is 105 Å². The molecule has 1 heterocycles. The molecule has 0 spiro atoms. The highest BCUT2D eigenvalue weighted by Gasteiger charge is 2.09. The zero-order valence-electron chi connectivity index (χ0n) is 9.66. The van der Waals surface area contributed by atoms with Gasteiger partial charge in [-0.15, -0.1) is 0 Å². The number of aromatic nitrogens is 1. The summed E-state index contributed by atoms with van der Waals surface area (Å²) in [4.78, 5) is 14.9. The molecule has 3 N–H and O–H groups in total. The second kappa shape index (κ2) is 7.09. The van der Waals surface area contributed by atoms with E-state index in [1.807, 2.05) is 6.92 Å². The number of carboxylic acids is 1.